The van der Waals surface area contributed by atoms with Gasteiger partial charge in [-0.25, -0.2) is 4.98 Å². The topological polar surface area (TPSA) is 71.1 Å². The molecule has 144 valence electrons. The van der Waals surface area contributed by atoms with Crippen molar-refractivity contribution in [3.05, 3.63) is 76.3 Å². The molecule has 0 radical (unpaired) electrons. The zero-order valence-corrected chi connectivity index (χ0v) is 16.8. The summed E-state index contributed by atoms with van der Waals surface area (Å²) >= 11 is 1.34. The summed E-state index contributed by atoms with van der Waals surface area (Å²) in [5.74, 6) is -0.504. The molecule has 2 amide bonds. The van der Waals surface area contributed by atoms with Crippen LogP contribution in [0.2, 0.25) is 0 Å². The van der Waals surface area contributed by atoms with E-state index >= 15 is 0 Å². The Bertz CT molecular complexity index is 950. The van der Waals surface area contributed by atoms with E-state index in [-0.39, 0.29) is 18.4 Å². The second-order valence-corrected chi connectivity index (χ2v) is 7.43. The summed E-state index contributed by atoms with van der Waals surface area (Å²) in [7, 11) is 0. The summed E-state index contributed by atoms with van der Waals surface area (Å²) in [6, 6.07) is 17.8. The lowest BCUT2D eigenvalue weighted by Gasteiger charge is -2.06. The van der Waals surface area contributed by atoms with E-state index in [0.29, 0.717) is 17.1 Å². The molecule has 0 bridgehead atoms. The van der Waals surface area contributed by atoms with Gasteiger partial charge in [0.2, 0.25) is 5.91 Å². The van der Waals surface area contributed by atoms with Crippen LogP contribution in [0.4, 0.5) is 0 Å². The van der Waals surface area contributed by atoms with Gasteiger partial charge in [-0.05, 0) is 24.5 Å². The molecular formula is C22H23N3O2S. The number of benzene rings is 2. The van der Waals surface area contributed by atoms with Gasteiger partial charge >= 0.3 is 0 Å². The molecule has 0 spiro atoms. The van der Waals surface area contributed by atoms with Crippen LogP contribution in [-0.2, 0) is 17.8 Å². The van der Waals surface area contributed by atoms with Gasteiger partial charge in [-0.1, -0.05) is 61.5 Å². The molecule has 5 nitrogen and oxygen atoms in total. The predicted octanol–water partition coefficient (Wildman–Crippen LogP) is 3.73. The number of carbonyl (C=O) groups is 2. The first kappa shape index (κ1) is 19.8. The second kappa shape index (κ2) is 9.28. The number of hydrogen-bond donors (Lipinski definition) is 2. The van der Waals surface area contributed by atoms with Gasteiger partial charge in [-0.2, -0.15) is 0 Å². The maximum atomic E-state index is 12.5. The highest BCUT2D eigenvalue weighted by atomic mass is 32.1. The number of nitrogens with one attached hydrogen (secondary N) is 2. The lowest BCUT2D eigenvalue weighted by molar-refractivity contribution is -0.120. The first-order valence-corrected chi connectivity index (χ1v) is 10.0. The Kier molecular flexibility index (Phi) is 6.55. The number of rotatable bonds is 7. The van der Waals surface area contributed by atoms with Crippen LogP contribution in [0.3, 0.4) is 0 Å². The average Bonchev–Trinajstić information content (AvgIpc) is 3.13. The third kappa shape index (κ3) is 5.04. The van der Waals surface area contributed by atoms with Crippen molar-refractivity contribution in [3.8, 4) is 10.6 Å². The average molecular weight is 394 g/mol. The molecule has 0 aliphatic carbocycles. The smallest absolute Gasteiger partial charge is 0.263 e. The fourth-order valence-corrected chi connectivity index (χ4v) is 3.70. The minimum atomic E-state index is -0.277. The van der Waals surface area contributed by atoms with E-state index in [1.54, 1.807) is 0 Å². The summed E-state index contributed by atoms with van der Waals surface area (Å²) in [6.07, 6.45) is 0.983. The number of carbonyl (C=O) groups excluding carboxylic acids is 2. The first-order chi connectivity index (χ1) is 13.6. The van der Waals surface area contributed by atoms with Crippen molar-refractivity contribution in [2.24, 2.45) is 0 Å². The quantitative estimate of drug-likeness (QED) is 0.643. The summed E-state index contributed by atoms with van der Waals surface area (Å²) < 4.78 is 0. The Morgan fingerprint density at radius 2 is 1.68 bits per heavy atom. The highest BCUT2D eigenvalue weighted by molar-refractivity contribution is 7.17. The maximum Gasteiger partial charge on any atom is 0.263 e. The Balaban J connectivity index is 1.56. The van der Waals surface area contributed by atoms with E-state index in [1.165, 1.54) is 16.9 Å². The van der Waals surface area contributed by atoms with Crippen molar-refractivity contribution in [1.82, 2.24) is 15.6 Å². The summed E-state index contributed by atoms with van der Waals surface area (Å²) in [4.78, 5) is 29.5. The predicted molar refractivity (Wildman–Crippen MR) is 112 cm³/mol. The zero-order valence-electron chi connectivity index (χ0n) is 16.0. The zero-order chi connectivity index (χ0) is 19.9. The third-order valence-corrected chi connectivity index (χ3v) is 5.56. The Morgan fingerprint density at radius 1 is 0.964 bits per heavy atom. The van der Waals surface area contributed by atoms with Gasteiger partial charge in [0.25, 0.3) is 5.91 Å². The van der Waals surface area contributed by atoms with E-state index in [4.69, 9.17) is 0 Å². The molecule has 0 fully saturated rings. The van der Waals surface area contributed by atoms with Crippen LogP contribution < -0.4 is 10.6 Å². The van der Waals surface area contributed by atoms with Crippen molar-refractivity contribution in [3.63, 3.8) is 0 Å². The van der Waals surface area contributed by atoms with E-state index in [2.05, 4.69) is 34.7 Å². The number of aryl methyl sites for hydroxylation is 2. The number of aromatic nitrogens is 1. The second-order valence-electron chi connectivity index (χ2n) is 6.43. The van der Waals surface area contributed by atoms with Crippen LogP contribution in [0.5, 0.6) is 0 Å². The van der Waals surface area contributed by atoms with Crippen LogP contribution in [0.25, 0.3) is 10.6 Å². The van der Waals surface area contributed by atoms with Gasteiger partial charge in [-0.15, -0.1) is 11.3 Å². The molecule has 1 aromatic heterocycles. The van der Waals surface area contributed by atoms with Crippen molar-refractivity contribution in [2.75, 3.05) is 6.54 Å². The number of thiazole rings is 1. The number of nitrogens with zero attached hydrogens (tertiary/aromatic N) is 1. The summed E-state index contributed by atoms with van der Waals surface area (Å²) in [6.45, 7) is 4.29. The van der Waals surface area contributed by atoms with Gasteiger partial charge in [0.05, 0.1) is 12.2 Å². The lowest BCUT2D eigenvalue weighted by Crippen LogP contribution is -2.36. The van der Waals surface area contributed by atoms with Gasteiger partial charge in [-0.3, -0.25) is 9.59 Å². The van der Waals surface area contributed by atoms with Crippen molar-refractivity contribution in [1.29, 1.82) is 0 Å². The van der Waals surface area contributed by atoms with Crippen molar-refractivity contribution >= 4 is 23.2 Å². The molecule has 3 rings (SSSR count). The molecule has 6 heteroatoms. The number of amides is 2. The van der Waals surface area contributed by atoms with E-state index in [9.17, 15) is 9.59 Å². The van der Waals surface area contributed by atoms with Gasteiger partial charge in [0.1, 0.15) is 9.88 Å². The van der Waals surface area contributed by atoms with Crippen LogP contribution in [0.1, 0.15) is 33.4 Å². The van der Waals surface area contributed by atoms with Gasteiger partial charge < -0.3 is 10.6 Å². The largest absolute Gasteiger partial charge is 0.350 e. The Morgan fingerprint density at radius 3 is 2.36 bits per heavy atom. The Hall–Kier alpha value is -2.99. The molecule has 0 aliphatic heterocycles. The van der Waals surface area contributed by atoms with Crippen molar-refractivity contribution < 1.29 is 9.59 Å². The van der Waals surface area contributed by atoms with Crippen molar-refractivity contribution in [2.45, 2.75) is 26.8 Å². The number of hydrogen-bond acceptors (Lipinski definition) is 4. The van der Waals surface area contributed by atoms with Crippen LogP contribution in [0.15, 0.2) is 54.6 Å². The first-order valence-electron chi connectivity index (χ1n) is 9.22. The van der Waals surface area contributed by atoms with Gasteiger partial charge in [0.15, 0.2) is 0 Å². The molecule has 0 aliphatic rings. The molecule has 0 unspecified atom stereocenters. The highest BCUT2D eigenvalue weighted by Crippen LogP contribution is 2.28. The van der Waals surface area contributed by atoms with Crippen LogP contribution in [0, 0.1) is 6.92 Å². The SMILES string of the molecule is CCc1ccc(-c2nc(C)c(C(=O)NCC(=O)NCc3ccccc3)s2)cc1. The monoisotopic (exact) mass is 393 g/mol. The normalized spacial score (nSPS) is 10.5. The molecule has 3 aromatic rings. The summed E-state index contributed by atoms with van der Waals surface area (Å²) in [5.41, 5.74) is 3.93. The molecule has 2 N–H and O–H groups in total. The fourth-order valence-electron chi connectivity index (χ4n) is 2.71. The highest BCUT2D eigenvalue weighted by Gasteiger charge is 2.17. The van der Waals surface area contributed by atoms with E-state index in [0.717, 1.165) is 22.6 Å². The van der Waals surface area contributed by atoms with E-state index in [1.807, 2.05) is 49.4 Å². The molecule has 28 heavy (non-hydrogen) atoms. The third-order valence-electron chi connectivity index (χ3n) is 4.35. The molecule has 1 heterocycles. The Labute approximate surface area is 168 Å². The standard InChI is InChI=1S/C22H23N3O2S/c1-3-16-9-11-18(12-10-16)22-25-15(2)20(28-22)21(27)24-14-19(26)23-13-17-7-5-4-6-8-17/h4-12H,3,13-14H2,1-2H3,(H,23,26)(H,24,27). The minimum Gasteiger partial charge on any atom is -0.350 e. The van der Waals surface area contributed by atoms with E-state index < -0.39 is 0 Å². The summed E-state index contributed by atoms with van der Waals surface area (Å²) in [5, 5.41) is 6.28. The molecule has 0 atom stereocenters. The minimum absolute atomic E-state index is 0.0659. The van der Waals surface area contributed by atoms with Gasteiger partial charge in [0, 0.05) is 12.1 Å². The molecule has 2 aromatic carbocycles. The fraction of sp³-hybridized carbons (Fsp3) is 0.227. The molecular weight excluding hydrogens is 370 g/mol. The lowest BCUT2D eigenvalue weighted by atomic mass is 10.1. The maximum absolute atomic E-state index is 12.5. The van der Waals surface area contributed by atoms with Crippen LogP contribution in [-0.4, -0.2) is 23.3 Å². The molecule has 0 saturated heterocycles. The van der Waals surface area contributed by atoms with Crippen LogP contribution >= 0.6 is 11.3 Å². The molecule has 0 saturated carbocycles.